The van der Waals surface area contributed by atoms with Gasteiger partial charge in [-0.25, -0.2) is 0 Å². The van der Waals surface area contributed by atoms with Crippen molar-refractivity contribution in [3.8, 4) is 0 Å². The summed E-state index contributed by atoms with van der Waals surface area (Å²) in [5.41, 5.74) is 2.25. The molecule has 0 radical (unpaired) electrons. The van der Waals surface area contributed by atoms with Crippen LogP contribution in [0.4, 0.5) is 0 Å². The number of fused-ring (bicyclic) bond motifs is 1. The van der Waals surface area contributed by atoms with Gasteiger partial charge in [0.25, 0.3) is 0 Å². The predicted octanol–water partition coefficient (Wildman–Crippen LogP) is 5.32. The highest BCUT2D eigenvalue weighted by molar-refractivity contribution is 6.00. The molecule has 1 fully saturated rings. The summed E-state index contributed by atoms with van der Waals surface area (Å²) in [7, 11) is 0. The first kappa shape index (κ1) is 18.6. The van der Waals surface area contributed by atoms with Crippen LogP contribution in [0.3, 0.4) is 0 Å². The summed E-state index contributed by atoms with van der Waals surface area (Å²) in [6, 6.07) is 24.9. The number of benzene rings is 3. The first-order valence-electron chi connectivity index (χ1n) is 9.09. The summed E-state index contributed by atoms with van der Waals surface area (Å²) in [6.07, 6.45) is 1.79. The van der Waals surface area contributed by atoms with Crippen LogP contribution in [0.25, 0.3) is 10.8 Å². The predicted molar refractivity (Wildman–Crippen MR) is 110 cm³/mol. The van der Waals surface area contributed by atoms with Crippen molar-refractivity contribution in [2.24, 2.45) is 0 Å². The Kier molecular flexibility index (Phi) is 6.08. The fourth-order valence-corrected chi connectivity index (χ4v) is 3.80. The first-order chi connectivity index (χ1) is 12.3. The fraction of sp³-hybridized carbons (Fsp3) is 0.261. The number of hydrogen-bond donors (Lipinski definition) is 0. The summed E-state index contributed by atoms with van der Waals surface area (Å²) in [5.74, 6) is 0.853. The lowest BCUT2D eigenvalue weighted by Gasteiger charge is -2.15. The van der Waals surface area contributed by atoms with Gasteiger partial charge >= 0.3 is 0 Å². The molecule has 3 heteroatoms. The highest BCUT2D eigenvalue weighted by atomic mass is 35.5. The van der Waals surface area contributed by atoms with E-state index in [-0.39, 0.29) is 18.2 Å². The van der Waals surface area contributed by atoms with Crippen molar-refractivity contribution in [1.29, 1.82) is 0 Å². The first-order valence-corrected chi connectivity index (χ1v) is 9.09. The maximum absolute atomic E-state index is 12.6. The van der Waals surface area contributed by atoms with Gasteiger partial charge in [0.2, 0.25) is 0 Å². The summed E-state index contributed by atoms with van der Waals surface area (Å²) < 4.78 is 0. The fourth-order valence-electron chi connectivity index (χ4n) is 3.80. The van der Waals surface area contributed by atoms with Gasteiger partial charge in [-0.2, -0.15) is 0 Å². The quantitative estimate of drug-likeness (QED) is 0.570. The van der Waals surface area contributed by atoms with E-state index in [9.17, 15) is 4.79 Å². The minimum atomic E-state index is 0. The lowest BCUT2D eigenvalue weighted by Crippen LogP contribution is -2.23. The molecule has 0 saturated carbocycles. The third-order valence-electron chi connectivity index (χ3n) is 5.27. The molecule has 26 heavy (non-hydrogen) atoms. The van der Waals surface area contributed by atoms with Gasteiger partial charge in [-0.05, 0) is 41.3 Å². The van der Waals surface area contributed by atoms with Gasteiger partial charge in [0.1, 0.15) is 0 Å². The third-order valence-corrected chi connectivity index (χ3v) is 5.27. The Bertz CT molecular complexity index is 878. The molecule has 1 aliphatic heterocycles. The van der Waals surface area contributed by atoms with Crippen molar-refractivity contribution in [3.63, 3.8) is 0 Å². The molecule has 0 aliphatic carbocycles. The maximum atomic E-state index is 12.6. The summed E-state index contributed by atoms with van der Waals surface area (Å²) in [4.78, 5) is 15.0. The summed E-state index contributed by atoms with van der Waals surface area (Å²) >= 11 is 0. The van der Waals surface area contributed by atoms with Crippen molar-refractivity contribution in [2.45, 2.75) is 18.8 Å². The molecular weight excluding hydrogens is 342 g/mol. The van der Waals surface area contributed by atoms with E-state index >= 15 is 0 Å². The number of ketones is 1. The van der Waals surface area contributed by atoms with Crippen molar-refractivity contribution < 1.29 is 4.79 Å². The maximum Gasteiger partial charge on any atom is 0.164 e. The van der Waals surface area contributed by atoms with Crippen LogP contribution in [0.2, 0.25) is 0 Å². The van der Waals surface area contributed by atoms with Crippen molar-refractivity contribution in [2.75, 3.05) is 19.6 Å². The zero-order valence-electron chi connectivity index (χ0n) is 14.8. The largest absolute Gasteiger partial charge is 0.302 e. The molecule has 1 unspecified atom stereocenters. The molecule has 0 N–H and O–H groups in total. The second-order valence-electron chi connectivity index (χ2n) is 6.93. The molecule has 0 amide bonds. The number of carbonyl (C=O) groups is 1. The zero-order chi connectivity index (χ0) is 17.1. The Morgan fingerprint density at radius 3 is 2.46 bits per heavy atom. The molecule has 0 bridgehead atoms. The van der Waals surface area contributed by atoms with Gasteiger partial charge in [0.05, 0.1) is 0 Å². The van der Waals surface area contributed by atoms with E-state index in [2.05, 4.69) is 47.4 Å². The van der Waals surface area contributed by atoms with E-state index in [1.807, 2.05) is 30.3 Å². The molecule has 1 heterocycles. The highest BCUT2D eigenvalue weighted by Crippen LogP contribution is 2.27. The van der Waals surface area contributed by atoms with E-state index in [0.717, 1.165) is 30.6 Å². The number of halogens is 1. The second-order valence-corrected chi connectivity index (χ2v) is 6.93. The molecule has 1 atom stereocenters. The van der Waals surface area contributed by atoms with E-state index in [1.54, 1.807) is 0 Å². The lowest BCUT2D eigenvalue weighted by molar-refractivity contribution is 0.0969. The second kappa shape index (κ2) is 8.48. The molecule has 1 aliphatic rings. The SMILES string of the molecule is Cl.O=C(CCN1CCC(c2ccccc2)C1)c1ccc2ccccc2c1. The molecule has 4 rings (SSSR count). The van der Waals surface area contributed by atoms with Crippen LogP contribution in [-0.4, -0.2) is 30.3 Å². The van der Waals surface area contributed by atoms with Crippen LogP contribution in [0.15, 0.2) is 72.8 Å². The van der Waals surface area contributed by atoms with Gasteiger partial charge in [-0.3, -0.25) is 4.79 Å². The minimum Gasteiger partial charge on any atom is -0.302 e. The highest BCUT2D eigenvalue weighted by Gasteiger charge is 2.23. The van der Waals surface area contributed by atoms with Gasteiger partial charge in [-0.15, -0.1) is 12.4 Å². The third kappa shape index (κ3) is 4.14. The summed E-state index contributed by atoms with van der Waals surface area (Å²) in [6.45, 7) is 3.01. The number of Topliss-reactive ketones (excluding diaryl/α,β-unsaturated/α-hetero) is 1. The van der Waals surface area contributed by atoms with Gasteiger partial charge in [0.15, 0.2) is 5.78 Å². The lowest BCUT2D eigenvalue weighted by atomic mass is 9.99. The Labute approximate surface area is 161 Å². The van der Waals surface area contributed by atoms with E-state index in [1.165, 1.54) is 17.4 Å². The molecular formula is C23H24ClNO. The Balaban J connectivity index is 0.00000196. The van der Waals surface area contributed by atoms with Gasteiger partial charge in [-0.1, -0.05) is 66.7 Å². The van der Waals surface area contributed by atoms with Gasteiger partial charge < -0.3 is 4.90 Å². The van der Waals surface area contributed by atoms with Crippen molar-refractivity contribution in [3.05, 3.63) is 83.9 Å². The topological polar surface area (TPSA) is 20.3 Å². The standard InChI is InChI=1S/C23H23NO.ClH/c25-23(21-11-10-19-8-4-5-9-20(19)16-21)13-15-24-14-12-22(17-24)18-6-2-1-3-7-18;/h1-11,16,22H,12-15,17H2;1H. The van der Waals surface area contributed by atoms with Gasteiger partial charge in [0, 0.05) is 25.1 Å². The Hall–Kier alpha value is -2.16. The summed E-state index contributed by atoms with van der Waals surface area (Å²) in [5, 5.41) is 2.32. The molecule has 1 saturated heterocycles. The number of likely N-dealkylation sites (tertiary alicyclic amines) is 1. The Morgan fingerprint density at radius 2 is 1.65 bits per heavy atom. The molecule has 0 aromatic heterocycles. The molecule has 2 nitrogen and oxygen atoms in total. The van der Waals surface area contributed by atoms with E-state index in [0.29, 0.717) is 12.3 Å². The zero-order valence-corrected chi connectivity index (χ0v) is 15.6. The van der Waals surface area contributed by atoms with Crippen LogP contribution >= 0.6 is 12.4 Å². The van der Waals surface area contributed by atoms with Crippen molar-refractivity contribution in [1.82, 2.24) is 4.90 Å². The van der Waals surface area contributed by atoms with Crippen LogP contribution in [0.5, 0.6) is 0 Å². The van der Waals surface area contributed by atoms with E-state index < -0.39 is 0 Å². The number of hydrogen-bond acceptors (Lipinski definition) is 2. The smallest absolute Gasteiger partial charge is 0.164 e. The van der Waals surface area contributed by atoms with Crippen LogP contribution in [0, 0.1) is 0 Å². The van der Waals surface area contributed by atoms with Crippen molar-refractivity contribution >= 4 is 29.0 Å². The minimum absolute atomic E-state index is 0. The van der Waals surface area contributed by atoms with E-state index in [4.69, 9.17) is 0 Å². The Morgan fingerprint density at radius 1 is 0.923 bits per heavy atom. The molecule has 0 spiro atoms. The average molecular weight is 366 g/mol. The van der Waals surface area contributed by atoms with Crippen LogP contribution in [-0.2, 0) is 0 Å². The molecule has 3 aromatic rings. The normalized spacial score (nSPS) is 17.2. The monoisotopic (exact) mass is 365 g/mol. The average Bonchev–Trinajstić information content (AvgIpc) is 3.15. The number of nitrogens with zero attached hydrogens (tertiary/aromatic N) is 1. The van der Waals surface area contributed by atoms with Crippen LogP contribution in [0.1, 0.15) is 34.7 Å². The van der Waals surface area contributed by atoms with Crippen LogP contribution < -0.4 is 0 Å². The molecule has 134 valence electrons. The number of rotatable bonds is 5. The number of carbonyl (C=O) groups excluding carboxylic acids is 1. The molecule has 3 aromatic carbocycles.